The minimum absolute atomic E-state index is 0.0536. The topological polar surface area (TPSA) is 119 Å². The highest BCUT2D eigenvalue weighted by Gasteiger charge is 2.39. The number of carbonyl (C=O) groups excluding carboxylic acids is 2. The molecule has 0 spiro atoms. The predicted octanol–water partition coefficient (Wildman–Crippen LogP) is 2.88. The van der Waals surface area contributed by atoms with E-state index in [-0.39, 0.29) is 48.1 Å². The summed E-state index contributed by atoms with van der Waals surface area (Å²) < 4.78 is 35.3. The number of hydrazone groups is 1. The Labute approximate surface area is 205 Å². The van der Waals surface area contributed by atoms with Crippen molar-refractivity contribution in [3.05, 3.63) is 70.7 Å². The van der Waals surface area contributed by atoms with Crippen LogP contribution in [0.1, 0.15) is 39.8 Å². The fourth-order valence-corrected chi connectivity index (χ4v) is 4.42. The minimum atomic E-state index is -0.671. The van der Waals surface area contributed by atoms with Crippen LogP contribution in [0.5, 0.6) is 5.75 Å². The van der Waals surface area contributed by atoms with Gasteiger partial charge in [0.1, 0.15) is 11.9 Å². The van der Waals surface area contributed by atoms with Crippen LogP contribution in [0.15, 0.2) is 41.6 Å². The van der Waals surface area contributed by atoms with Gasteiger partial charge in [-0.1, -0.05) is 12.1 Å². The Hall–Kier alpha value is -4.35. The molecule has 1 saturated heterocycles. The Morgan fingerprint density at radius 3 is 2.64 bits per heavy atom. The van der Waals surface area contributed by atoms with E-state index in [0.717, 1.165) is 6.20 Å². The molecule has 4 heterocycles. The molecule has 0 unspecified atom stereocenters. The molecule has 1 atom stereocenters. The molecule has 36 heavy (non-hydrogen) atoms. The maximum absolute atomic E-state index is 14.5. The van der Waals surface area contributed by atoms with Crippen LogP contribution in [0.2, 0.25) is 0 Å². The monoisotopic (exact) mass is 495 g/mol. The Morgan fingerprint density at radius 1 is 1.17 bits per heavy atom. The van der Waals surface area contributed by atoms with E-state index >= 15 is 0 Å². The molecule has 1 aromatic carbocycles. The molecule has 2 aliphatic rings. The fraction of sp³-hybridized carbons (Fsp3) is 0.292. The summed E-state index contributed by atoms with van der Waals surface area (Å²) in [7, 11) is 0. The van der Waals surface area contributed by atoms with E-state index in [0.29, 0.717) is 23.4 Å². The number of nitrogens with two attached hydrogens (primary N) is 1. The number of amides is 3. The van der Waals surface area contributed by atoms with Crippen LogP contribution < -0.4 is 10.5 Å². The van der Waals surface area contributed by atoms with Crippen molar-refractivity contribution in [1.29, 1.82) is 0 Å². The second-order valence-corrected chi connectivity index (χ2v) is 8.67. The van der Waals surface area contributed by atoms with Crippen LogP contribution in [0.3, 0.4) is 0 Å². The number of benzene rings is 1. The largest absolute Gasteiger partial charge is 0.483 e. The molecular formula is C24H23F2N7O3. The molecule has 2 aromatic heterocycles. The van der Waals surface area contributed by atoms with Crippen LogP contribution in [0.25, 0.3) is 5.82 Å². The van der Waals surface area contributed by atoms with Gasteiger partial charge < -0.3 is 15.4 Å². The molecule has 3 amide bonds. The number of hydrogen-bond donors (Lipinski definition) is 1. The van der Waals surface area contributed by atoms with Crippen LogP contribution in [0.4, 0.5) is 13.6 Å². The normalized spacial score (nSPS) is 17.4. The molecule has 3 aromatic rings. The molecule has 10 nitrogen and oxygen atoms in total. The van der Waals surface area contributed by atoms with Crippen LogP contribution in [0, 0.1) is 25.5 Å². The first-order valence-corrected chi connectivity index (χ1v) is 11.3. The summed E-state index contributed by atoms with van der Waals surface area (Å²) in [6, 6.07) is 6.74. The Morgan fingerprint density at radius 2 is 1.94 bits per heavy atom. The number of halogens is 2. The van der Waals surface area contributed by atoms with Crippen LogP contribution in [-0.2, 0) is 0 Å². The van der Waals surface area contributed by atoms with Crippen molar-refractivity contribution in [3.63, 3.8) is 0 Å². The van der Waals surface area contributed by atoms with Crippen molar-refractivity contribution in [2.75, 3.05) is 13.1 Å². The lowest BCUT2D eigenvalue weighted by Gasteiger charge is -2.41. The van der Waals surface area contributed by atoms with Gasteiger partial charge >= 0.3 is 6.03 Å². The second-order valence-electron chi connectivity index (χ2n) is 8.67. The quantitative estimate of drug-likeness (QED) is 0.584. The zero-order valence-corrected chi connectivity index (χ0v) is 19.6. The van der Waals surface area contributed by atoms with Gasteiger partial charge in [-0.05, 0) is 31.5 Å². The molecule has 2 aliphatic heterocycles. The summed E-state index contributed by atoms with van der Waals surface area (Å²) in [6.07, 6.45) is 2.67. The van der Waals surface area contributed by atoms with Crippen molar-refractivity contribution < 1.29 is 23.1 Å². The maximum atomic E-state index is 14.5. The number of rotatable bonds is 5. The first-order chi connectivity index (χ1) is 17.2. The Kier molecular flexibility index (Phi) is 5.86. The number of ether oxygens (including phenoxy) is 1. The van der Waals surface area contributed by atoms with Gasteiger partial charge in [-0.25, -0.2) is 28.3 Å². The molecule has 0 saturated carbocycles. The lowest BCUT2D eigenvalue weighted by Crippen LogP contribution is -2.58. The van der Waals surface area contributed by atoms with E-state index in [9.17, 15) is 18.4 Å². The lowest BCUT2D eigenvalue weighted by molar-refractivity contribution is 0.0256. The van der Waals surface area contributed by atoms with Crippen molar-refractivity contribution >= 4 is 18.2 Å². The summed E-state index contributed by atoms with van der Waals surface area (Å²) in [5.41, 5.74) is 7.27. The number of primary amides is 1. The van der Waals surface area contributed by atoms with Crippen molar-refractivity contribution in [3.8, 4) is 11.6 Å². The molecule has 12 heteroatoms. The third-order valence-corrected chi connectivity index (χ3v) is 6.23. The van der Waals surface area contributed by atoms with Gasteiger partial charge in [0.05, 0.1) is 42.3 Å². The maximum Gasteiger partial charge on any atom is 0.341 e. The van der Waals surface area contributed by atoms with Crippen molar-refractivity contribution in [2.24, 2.45) is 10.8 Å². The van der Waals surface area contributed by atoms with Crippen molar-refractivity contribution in [1.82, 2.24) is 24.7 Å². The van der Waals surface area contributed by atoms with Gasteiger partial charge in [-0.3, -0.25) is 4.79 Å². The highest BCUT2D eigenvalue weighted by atomic mass is 19.1. The van der Waals surface area contributed by atoms with E-state index in [4.69, 9.17) is 10.5 Å². The number of urea groups is 1. The summed E-state index contributed by atoms with van der Waals surface area (Å²) in [5, 5.41) is 9.78. The molecule has 5 rings (SSSR count). The average Bonchev–Trinajstić information content (AvgIpc) is 3.41. The minimum Gasteiger partial charge on any atom is -0.483 e. The molecule has 0 radical (unpaired) electrons. The van der Waals surface area contributed by atoms with E-state index in [1.54, 1.807) is 32.2 Å². The van der Waals surface area contributed by atoms with E-state index in [1.807, 2.05) is 0 Å². The predicted molar refractivity (Wildman–Crippen MR) is 125 cm³/mol. The fourth-order valence-electron chi connectivity index (χ4n) is 4.42. The van der Waals surface area contributed by atoms with Gasteiger partial charge in [0.25, 0.3) is 5.91 Å². The van der Waals surface area contributed by atoms with Crippen molar-refractivity contribution in [2.45, 2.75) is 32.4 Å². The number of carbonyl (C=O) groups is 2. The highest BCUT2D eigenvalue weighted by molar-refractivity contribution is 5.95. The number of aromatic nitrogens is 3. The molecule has 0 aliphatic carbocycles. The number of nitrogens with zero attached hydrogens (tertiary/aromatic N) is 6. The zero-order valence-electron chi connectivity index (χ0n) is 19.6. The van der Waals surface area contributed by atoms with Gasteiger partial charge in [-0.15, -0.1) is 0 Å². The van der Waals surface area contributed by atoms with Crippen LogP contribution >= 0.6 is 0 Å². The highest BCUT2D eigenvalue weighted by Crippen LogP contribution is 2.31. The standard InChI is InChI=1S/C24H23F2N7O3/c1-13-22(23(27)34)14(2)32(30-13)21-9-20(18(26)10-28-21)36-17-11-31(12-17)24(35)33-19(6-7-29-33)15-4-3-5-16(25)8-15/h3-5,7-10,17,19H,6,11-12H2,1-2H3,(H2,27,34)/t19-/m1/s1. The zero-order chi connectivity index (χ0) is 25.6. The van der Waals surface area contributed by atoms with E-state index < -0.39 is 17.8 Å². The number of likely N-dealkylation sites (tertiary alicyclic amines) is 1. The van der Waals surface area contributed by atoms with Gasteiger partial charge in [0, 0.05) is 18.7 Å². The smallest absolute Gasteiger partial charge is 0.341 e. The second kappa shape index (κ2) is 9.02. The SMILES string of the molecule is Cc1nn(-c2cc(OC3CN(C(=O)N4N=CC[C@@H]4c4cccc(F)c4)C3)c(F)cn2)c(C)c1C(N)=O. The molecule has 186 valence electrons. The van der Waals surface area contributed by atoms with E-state index in [2.05, 4.69) is 15.2 Å². The first kappa shape index (κ1) is 23.4. The van der Waals surface area contributed by atoms with Gasteiger partial charge in [0.2, 0.25) is 0 Å². The number of aryl methyl sites for hydroxylation is 1. The third kappa shape index (κ3) is 4.14. The Balaban J connectivity index is 1.26. The third-order valence-electron chi connectivity index (χ3n) is 6.23. The van der Waals surface area contributed by atoms with Gasteiger partial charge in [-0.2, -0.15) is 10.2 Å². The van der Waals surface area contributed by atoms with Gasteiger partial charge in [0.15, 0.2) is 17.4 Å². The Bertz CT molecular complexity index is 1380. The molecule has 0 bridgehead atoms. The summed E-state index contributed by atoms with van der Waals surface area (Å²) in [6.45, 7) is 3.76. The first-order valence-electron chi connectivity index (χ1n) is 11.3. The van der Waals surface area contributed by atoms with Crippen LogP contribution in [-0.4, -0.2) is 62.0 Å². The summed E-state index contributed by atoms with van der Waals surface area (Å²) >= 11 is 0. The summed E-state index contributed by atoms with van der Waals surface area (Å²) in [5.74, 6) is -1.46. The number of hydrogen-bond acceptors (Lipinski definition) is 6. The van der Waals surface area contributed by atoms with E-state index in [1.165, 1.54) is 32.8 Å². The summed E-state index contributed by atoms with van der Waals surface area (Å²) in [4.78, 5) is 30.3. The number of pyridine rings is 1. The lowest BCUT2D eigenvalue weighted by atomic mass is 10.0. The average molecular weight is 495 g/mol. The molecule has 2 N–H and O–H groups in total. The molecule has 1 fully saturated rings. The molecular weight excluding hydrogens is 472 g/mol.